The van der Waals surface area contributed by atoms with E-state index in [0.29, 0.717) is 11.1 Å². The van der Waals surface area contributed by atoms with Crippen LogP contribution in [-0.2, 0) is 9.47 Å². The highest BCUT2D eigenvalue weighted by atomic mass is 16.6. The van der Waals surface area contributed by atoms with Gasteiger partial charge in [0.05, 0.1) is 22.3 Å². The summed E-state index contributed by atoms with van der Waals surface area (Å²) in [4.78, 5) is 49.5. The van der Waals surface area contributed by atoms with Crippen molar-refractivity contribution in [3.63, 3.8) is 0 Å². The Labute approximate surface area is 221 Å². The van der Waals surface area contributed by atoms with Crippen LogP contribution >= 0.6 is 0 Å². The van der Waals surface area contributed by atoms with Gasteiger partial charge in [-0.2, -0.15) is 0 Å². The number of carbonyl (C=O) groups is 4. The lowest BCUT2D eigenvalue weighted by Crippen LogP contribution is -2.23. The van der Waals surface area contributed by atoms with Crippen LogP contribution in [-0.4, -0.2) is 35.1 Å². The van der Waals surface area contributed by atoms with Crippen LogP contribution in [0, 0.1) is 0 Å². The summed E-state index contributed by atoms with van der Waals surface area (Å²) in [6.07, 6.45) is 0. The average Bonchev–Trinajstić information content (AvgIpc) is 2.82. The average molecular weight is 519 g/mol. The zero-order chi connectivity index (χ0) is 28.1. The van der Waals surface area contributed by atoms with Gasteiger partial charge in [-0.3, -0.25) is 0 Å². The fraction of sp³-hybridized carbons (Fsp3) is 0.267. The molecule has 198 valence electrons. The van der Waals surface area contributed by atoms with Gasteiger partial charge in [-0.05, 0) is 102 Å². The Balaban J connectivity index is 1.62. The molecule has 0 atom stereocenters. The Kier molecular flexibility index (Phi) is 8.36. The van der Waals surface area contributed by atoms with Crippen LogP contribution in [0.3, 0.4) is 0 Å². The SMILES string of the molecule is CC(C)(C)OC(=O)c1ccc(C(=O)Oc2cccc(OC(=O)c3ccc(C(=O)OC(C)(C)C)cc3)c2)cc1. The molecule has 0 radical (unpaired) electrons. The summed E-state index contributed by atoms with van der Waals surface area (Å²) in [5.74, 6) is -1.96. The second-order valence-electron chi connectivity index (χ2n) is 10.4. The van der Waals surface area contributed by atoms with E-state index in [2.05, 4.69) is 0 Å². The number of benzene rings is 3. The highest BCUT2D eigenvalue weighted by molar-refractivity contribution is 5.95. The van der Waals surface area contributed by atoms with Gasteiger partial charge in [0.15, 0.2) is 0 Å². The number of hydrogen-bond donors (Lipinski definition) is 0. The molecule has 8 heteroatoms. The second kappa shape index (κ2) is 11.3. The molecule has 0 heterocycles. The molecule has 0 saturated carbocycles. The zero-order valence-corrected chi connectivity index (χ0v) is 22.2. The lowest BCUT2D eigenvalue weighted by molar-refractivity contribution is 0.00570. The van der Waals surface area contributed by atoms with Crippen molar-refractivity contribution in [2.45, 2.75) is 52.7 Å². The molecule has 0 N–H and O–H groups in total. The fourth-order valence-corrected chi connectivity index (χ4v) is 3.09. The molecular formula is C30H30O8. The van der Waals surface area contributed by atoms with Crippen molar-refractivity contribution in [3.05, 3.63) is 95.1 Å². The summed E-state index contributed by atoms with van der Waals surface area (Å²) in [5, 5.41) is 0. The number of hydrogen-bond acceptors (Lipinski definition) is 8. The monoisotopic (exact) mass is 518 g/mol. The topological polar surface area (TPSA) is 105 Å². The van der Waals surface area contributed by atoms with Crippen LogP contribution in [0.2, 0.25) is 0 Å². The van der Waals surface area contributed by atoms with E-state index in [1.165, 1.54) is 54.6 Å². The Bertz CT molecular complexity index is 1220. The third kappa shape index (κ3) is 8.30. The molecule has 0 aliphatic heterocycles. The van der Waals surface area contributed by atoms with Crippen molar-refractivity contribution in [2.24, 2.45) is 0 Å². The minimum atomic E-state index is -0.651. The van der Waals surface area contributed by atoms with Crippen molar-refractivity contribution in [3.8, 4) is 11.5 Å². The number of ether oxygens (including phenoxy) is 4. The normalized spacial score (nSPS) is 11.3. The van der Waals surface area contributed by atoms with Crippen LogP contribution in [0.15, 0.2) is 72.8 Å². The molecule has 3 rings (SSSR count). The van der Waals surface area contributed by atoms with Crippen molar-refractivity contribution < 1.29 is 38.1 Å². The van der Waals surface area contributed by atoms with Crippen LogP contribution < -0.4 is 9.47 Å². The van der Waals surface area contributed by atoms with E-state index >= 15 is 0 Å². The third-order valence-electron chi connectivity index (χ3n) is 4.74. The highest BCUT2D eigenvalue weighted by Gasteiger charge is 2.20. The molecule has 0 aromatic heterocycles. The summed E-state index contributed by atoms with van der Waals surface area (Å²) in [6, 6.07) is 17.8. The second-order valence-corrected chi connectivity index (χ2v) is 10.4. The standard InChI is InChI=1S/C30H30O8/c1-29(2,3)37-27(33)21-14-10-19(11-15-21)25(31)35-23-8-7-9-24(18-23)36-26(32)20-12-16-22(17-13-20)28(34)38-30(4,5)6/h7-18H,1-6H3. The highest BCUT2D eigenvalue weighted by Crippen LogP contribution is 2.22. The Morgan fingerprint density at radius 1 is 0.474 bits per heavy atom. The molecule has 0 spiro atoms. The quantitative estimate of drug-likeness (QED) is 0.287. The number of esters is 4. The van der Waals surface area contributed by atoms with E-state index in [1.807, 2.05) is 0 Å². The van der Waals surface area contributed by atoms with E-state index in [1.54, 1.807) is 59.7 Å². The smallest absolute Gasteiger partial charge is 0.343 e. The van der Waals surface area contributed by atoms with Gasteiger partial charge in [-0.1, -0.05) is 6.07 Å². The minimum Gasteiger partial charge on any atom is -0.456 e. The van der Waals surface area contributed by atoms with Gasteiger partial charge in [0.2, 0.25) is 0 Å². The lowest BCUT2D eigenvalue weighted by Gasteiger charge is -2.19. The van der Waals surface area contributed by atoms with Crippen LogP contribution in [0.1, 0.15) is 83.0 Å². The van der Waals surface area contributed by atoms with Crippen LogP contribution in [0.4, 0.5) is 0 Å². The first kappa shape index (κ1) is 28.1. The number of carbonyl (C=O) groups excluding carboxylic acids is 4. The molecule has 3 aromatic rings. The molecule has 0 aliphatic carbocycles. The summed E-state index contributed by atoms with van der Waals surface area (Å²) in [5.41, 5.74) is -0.192. The van der Waals surface area contributed by atoms with Crippen molar-refractivity contribution in [1.82, 2.24) is 0 Å². The lowest BCUT2D eigenvalue weighted by atomic mass is 10.1. The molecule has 0 unspecified atom stereocenters. The van der Waals surface area contributed by atoms with Crippen molar-refractivity contribution in [1.29, 1.82) is 0 Å². The molecule has 0 fully saturated rings. The maximum atomic E-state index is 12.6. The Hall–Kier alpha value is -4.46. The van der Waals surface area contributed by atoms with E-state index < -0.39 is 35.1 Å². The first-order chi connectivity index (χ1) is 17.7. The van der Waals surface area contributed by atoms with Gasteiger partial charge in [-0.25, -0.2) is 19.2 Å². The van der Waals surface area contributed by atoms with Crippen LogP contribution in [0.5, 0.6) is 11.5 Å². The van der Waals surface area contributed by atoms with E-state index in [0.717, 1.165) is 0 Å². The minimum absolute atomic E-state index is 0.164. The van der Waals surface area contributed by atoms with Crippen molar-refractivity contribution >= 4 is 23.9 Å². The van der Waals surface area contributed by atoms with Gasteiger partial charge in [0.25, 0.3) is 0 Å². The first-order valence-electron chi connectivity index (χ1n) is 11.9. The summed E-state index contributed by atoms with van der Waals surface area (Å²) in [6.45, 7) is 10.6. The van der Waals surface area contributed by atoms with Gasteiger partial charge >= 0.3 is 23.9 Å². The van der Waals surface area contributed by atoms with Crippen molar-refractivity contribution in [2.75, 3.05) is 0 Å². The maximum Gasteiger partial charge on any atom is 0.343 e. The maximum absolute atomic E-state index is 12.6. The molecule has 3 aromatic carbocycles. The molecule has 0 aliphatic rings. The molecule has 0 saturated heterocycles. The molecule has 38 heavy (non-hydrogen) atoms. The predicted octanol–water partition coefficient (Wildman–Crippen LogP) is 6.04. The molecular weight excluding hydrogens is 488 g/mol. The van der Waals surface area contributed by atoms with Gasteiger partial charge in [-0.15, -0.1) is 0 Å². The summed E-state index contributed by atoms with van der Waals surface area (Å²) >= 11 is 0. The summed E-state index contributed by atoms with van der Waals surface area (Å²) in [7, 11) is 0. The van der Waals surface area contributed by atoms with Gasteiger partial charge in [0.1, 0.15) is 22.7 Å². The number of rotatable bonds is 6. The predicted molar refractivity (Wildman–Crippen MR) is 140 cm³/mol. The van der Waals surface area contributed by atoms with Gasteiger partial charge < -0.3 is 18.9 Å². The Morgan fingerprint density at radius 2 is 0.763 bits per heavy atom. The Morgan fingerprint density at radius 3 is 1.05 bits per heavy atom. The van der Waals surface area contributed by atoms with Crippen LogP contribution in [0.25, 0.3) is 0 Å². The van der Waals surface area contributed by atoms with E-state index in [9.17, 15) is 19.2 Å². The third-order valence-corrected chi connectivity index (χ3v) is 4.74. The molecule has 0 bridgehead atoms. The van der Waals surface area contributed by atoms with E-state index in [-0.39, 0.29) is 22.6 Å². The van der Waals surface area contributed by atoms with Gasteiger partial charge in [0, 0.05) is 6.07 Å². The molecule has 0 amide bonds. The first-order valence-corrected chi connectivity index (χ1v) is 11.9. The largest absolute Gasteiger partial charge is 0.456 e. The summed E-state index contributed by atoms with van der Waals surface area (Å²) < 4.78 is 21.4. The van der Waals surface area contributed by atoms with E-state index in [4.69, 9.17) is 18.9 Å². The molecule has 8 nitrogen and oxygen atoms in total. The fourth-order valence-electron chi connectivity index (χ4n) is 3.09. The zero-order valence-electron chi connectivity index (χ0n) is 22.2.